The van der Waals surface area contributed by atoms with E-state index in [9.17, 15) is 9.59 Å². The first-order valence-electron chi connectivity index (χ1n) is 9.61. The second-order valence-corrected chi connectivity index (χ2v) is 7.06. The molecule has 1 fully saturated rings. The van der Waals surface area contributed by atoms with Crippen molar-refractivity contribution in [3.63, 3.8) is 0 Å². The number of nitrogens with zero attached hydrogens (tertiary/aromatic N) is 5. The maximum absolute atomic E-state index is 12.7. The number of carbonyl (C=O) groups is 2. The third-order valence-corrected chi connectivity index (χ3v) is 5.26. The topological polar surface area (TPSA) is 69.6 Å². The molecular weight excluding hydrogens is 354 g/mol. The molecule has 7 nitrogen and oxygen atoms in total. The molecule has 28 heavy (non-hydrogen) atoms. The van der Waals surface area contributed by atoms with Crippen molar-refractivity contribution in [1.82, 2.24) is 14.9 Å². The van der Waals surface area contributed by atoms with Gasteiger partial charge in [-0.3, -0.25) is 9.59 Å². The minimum absolute atomic E-state index is 0.0486. The summed E-state index contributed by atoms with van der Waals surface area (Å²) in [5.74, 6) is 0.727. The Bertz CT molecular complexity index is 832. The van der Waals surface area contributed by atoms with E-state index in [-0.39, 0.29) is 11.8 Å². The van der Waals surface area contributed by atoms with Crippen LogP contribution in [0.15, 0.2) is 36.7 Å². The van der Waals surface area contributed by atoms with Crippen LogP contribution in [0.3, 0.4) is 0 Å². The molecular formula is C21H27N5O2. The van der Waals surface area contributed by atoms with Crippen LogP contribution in [-0.4, -0.2) is 59.4 Å². The monoisotopic (exact) mass is 381 g/mol. The molecule has 1 aromatic carbocycles. The Hall–Kier alpha value is -2.96. The van der Waals surface area contributed by atoms with Gasteiger partial charge in [-0.15, -0.1) is 0 Å². The van der Waals surface area contributed by atoms with Crippen LogP contribution in [0.1, 0.15) is 24.5 Å². The Labute approximate surface area is 166 Å². The molecule has 1 aliphatic heterocycles. The first-order chi connectivity index (χ1) is 13.5. The summed E-state index contributed by atoms with van der Waals surface area (Å²) in [5.41, 5.74) is 3.09. The molecule has 148 valence electrons. The van der Waals surface area contributed by atoms with Gasteiger partial charge in [0.2, 0.25) is 17.8 Å². The summed E-state index contributed by atoms with van der Waals surface area (Å²) in [6.45, 7) is 8.67. The van der Waals surface area contributed by atoms with E-state index in [0.717, 1.165) is 16.8 Å². The van der Waals surface area contributed by atoms with Crippen molar-refractivity contribution in [2.45, 2.75) is 27.2 Å². The predicted octanol–water partition coefficient (Wildman–Crippen LogP) is 2.19. The van der Waals surface area contributed by atoms with Crippen LogP contribution in [0.5, 0.6) is 0 Å². The zero-order valence-corrected chi connectivity index (χ0v) is 16.8. The van der Waals surface area contributed by atoms with E-state index in [2.05, 4.69) is 14.9 Å². The molecule has 0 unspecified atom stereocenters. The third kappa shape index (κ3) is 4.47. The summed E-state index contributed by atoms with van der Waals surface area (Å²) < 4.78 is 0. The van der Waals surface area contributed by atoms with Gasteiger partial charge in [-0.05, 0) is 37.1 Å². The Morgan fingerprint density at radius 1 is 1.04 bits per heavy atom. The molecule has 3 rings (SSSR count). The molecule has 0 bridgehead atoms. The number of benzene rings is 1. The Morgan fingerprint density at radius 2 is 1.71 bits per heavy atom. The molecule has 1 aliphatic rings. The van der Waals surface area contributed by atoms with Crippen molar-refractivity contribution < 1.29 is 9.59 Å². The predicted molar refractivity (Wildman–Crippen MR) is 109 cm³/mol. The number of piperazine rings is 1. The van der Waals surface area contributed by atoms with Crippen LogP contribution in [-0.2, 0) is 9.59 Å². The van der Waals surface area contributed by atoms with Gasteiger partial charge < -0.3 is 14.7 Å². The van der Waals surface area contributed by atoms with Gasteiger partial charge >= 0.3 is 0 Å². The Kier molecular flexibility index (Phi) is 6.23. The number of rotatable bonds is 5. The fourth-order valence-corrected chi connectivity index (χ4v) is 3.45. The highest BCUT2D eigenvalue weighted by atomic mass is 16.2. The smallest absolute Gasteiger partial charge is 0.225 e. The quantitative estimate of drug-likeness (QED) is 0.794. The zero-order chi connectivity index (χ0) is 20.1. The maximum atomic E-state index is 12.7. The average molecular weight is 381 g/mol. The number of hydrogen-bond acceptors (Lipinski definition) is 5. The molecule has 0 N–H and O–H groups in total. The number of hydrogen-bond donors (Lipinski definition) is 0. The largest absolute Gasteiger partial charge is 0.339 e. The highest BCUT2D eigenvalue weighted by Gasteiger charge is 2.23. The molecule has 0 radical (unpaired) electrons. The fourth-order valence-electron chi connectivity index (χ4n) is 3.45. The van der Waals surface area contributed by atoms with E-state index in [4.69, 9.17) is 0 Å². The normalized spacial score (nSPS) is 14.1. The van der Waals surface area contributed by atoms with Gasteiger partial charge in [0, 0.05) is 64.1 Å². The summed E-state index contributed by atoms with van der Waals surface area (Å²) in [5, 5.41) is 0. The Morgan fingerprint density at radius 3 is 2.36 bits per heavy atom. The van der Waals surface area contributed by atoms with Gasteiger partial charge in [-0.2, -0.15) is 0 Å². The van der Waals surface area contributed by atoms with Crippen LogP contribution in [0, 0.1) is 13.8 Å². The molecule has 2 aromatic rings. The molecule has 0 aliphatic carbocycles. The number of carbonyl (C=O) groups excluding carboxylic acids is 2. The summed E-state index contributed by atoms with van der Waals surface area (Å²) in [7, 11) is 0. The van der Waals surface area contributed by atoms with Crippen LogP contribution in [0.4, 0.5) is 11.6 Å². The second kappa shape index (κ2) is 8.82. The van der Waals surface area contributed by atoms with Crippen LogP contribution >= 0.6 is 0 Å². The van der Waals surface area contributed by atoms with Gasteiger partial charge in [-0.1, -0.05) is 12.1 Å². The molecule has 0 atom stereocenters. The van der Waals surface area contributed by atoms with Gasteiger partial charge in [0.15, 0.2) is 0 Å². The van der Waals surface area contributed by atoms with Crippen molar-refractivity contribution in [3.05, 3.63) is 47.8 Å². The van der Waals surface area contributed by atoms with Crippen LogP contribution < -0.4 is 9.80 Å². The van der Waals surface area contributed by atoms with Crippen LogP contribution in [0.2, 0.25) is 0 Å². The first kappa shape index (κ1) is 19.8. The van der Waals surface area contributed by atoms with Gasteiger partial charge in [0.25, 0.3) is 0 Å². The SMILES string of the molecule is CC(=O)N(CCC(=O)N1CCN(c2ncccn2)CC1)c1cccc(C)c1C. The van der Waals surface area contributed by atoms with Gasteiger partial charge in [-0.25, -0.2) is 9.97 Å². The molecule has 1 saturated heterocycles. The number of amides is 2. The zero-order valence-electron chi connectivity index (χ0n) is 16.8. The van der Waals surface area contributed by atoms with Crippen molar-refractivity contribution in [2.75, 3.05) is 42.5 Å². The summed E-state index contributed by atoms with van der Waals surface area (Å²) >= 11 is 0. The number of aromatic nitrogens is 2. The molecule has 2 heterocycles. The summed E-state index contributed by atoms with van der Waals surface area (Å²) in [6, 6.07) is 7.70. The van der Waals surface area contributed by atoms with Crippen molar-refractivity contribution in [3.8, 4) is 0 Å². The summed E-state index contributed by atoms with van der Waals surface area (Å²) in [4.78, 5) is 39.1. The van der Waals surface area contributed by atoms with Crippen molar-refractivity contribution in [2.24, 2.45) is 0 Å². The van der Waals surface area contributed by atoms with Crippen molar-refractivity contribution in [1.29, 1.82) is 0 Å². The van der Waals surface area contributed by atoms with Crippen LogP contribution in [0.25, 0.3) is 0 Å². The summed E-state index contributed by atoms with van der Waals surface area (Å²) in [6.07, 6.45) is 3.77. The lowest BCUT2D eigenvalue weighted by Crippen LogP contribution is -2.49. The van der Waals surface area contributed by atoms with Crippen molar-refractivity contribution >= 4 is 23.5 Å². The van der Waals surface area contributed by atoms with E-state index in [0.29, 0.717) is 45.1 Å². The molecule has 7 heteroatoms. The molecule has 1 aromatic heterocycles. The Balaban J connectivity index is 1.57. The van der Waals surface area contributed by atoms with Gasteiger partial charge in [0.1, 0.15) is 0 Å². The standard InChI is InChI=1S/C21H27N5O2/c1-16-6-4-7-19(17(16)2)26(18(3)27)11-8-20(28)24-12-14-25(15-13-24)21-22-9-5-10-23-21/h4-7,9-10H,8,11-15H2,1-3H3. The minimum atomic E-state index is -0.0486. The second-order valence-electron chi connectivity index (χ2n) is 7.06. The first-order valence-corrected chi connectivity index (χ1v) is 9.61. The lowest BCUT2D eigenvalue weighted by atomic mass is 10.1. The van der Waals surface area contributed by atoms with E-state index in [1.165, 1.54) is 0 Å². The highest BCUT2D eigenvalue weighted by Crippen LogP contribution is 2.23. The highest BCUT2D eigenvalue weighted by molar-refractivity contribution is 5.93. The third-order valence-electron chi connectivity index (χ3n) is 5.26. The molecule has 2 amide bonds. The number of anilines is 2. The lowest BCUT2D eigenvalue weighted by Gasteiger charge is -2.35. The average Bonchev–Trinajstić information content (AvgIpc) is 2.71. The lowest BCUT2D eigenvalue weighted by molar-refractivity contribution is -0.131. The molecule has 0 saturated carbocycles. The van der Waals surface area contributed by atoms with E-state index in [1.54, 1.807) is 30.3 Å². The fraction of sp³-hybridized carbons (Fsp3) is 0.429. The van der Waals surface area contributed by atoms with E-state index < -0.39 is 0 Å². The maximum Gasteiger partial charge on any atom is 0.225 e. The van der Waals surface area contributed by atoms with Gasteiger partial charge in [0.05, 0.1) is 0 Å². The van der Waals surface area contributed by atoms with E-state index in [1.807, 2.05) is 36.9 Å². The minimum Gasteiger partial charge on any atom is -0.339 e. The number of aryl methyl sites for hydroxylation is 1. The molecule has 0 spiro atoms. The van der Waals surface area contributed by atoms with E-state index >= 15 is 0 Å².